The highest BCUT2D eigenvalue weighted by Crippen LogP contribution is 2.27. The van der Waals surface area contributed by atoms with E-state index in [2.05, 4.69) is 20.7 Å². The normalized spacial score (nSPS) is 20.8. The van der Waals surface area contributed by atoms with Gasteiger partial charge in [0.1, 0.15) is 28.5 Å². The van der Waals surface area contributed by atoms with Crippen molar-refractivity contribution in [1.82, 2.24) is 24.5 Å². The number of anilines is 3. The first-order chi connectivity index (χ1) is 19.6. The van der Waals surface area contributed by atoms with Crippen LogP contribution in [0.15, 0.2) is 35.4 Å². The van der Waals surface area contributed by atoms with Crippen LogP contribution in [0, 0.1) is 0 Å². The van der Waals surface area contributed by atoms with Gasteiger partial charge in [-0.05, 0) is 58.6 Å². The Morgan fingerprint density at radius 1 is 1.22 bits per heavy atom. The average Bonchev–Trinajstić information content (AvgIpc) is 3.35. The number of hydrogen-bond donors (Lipinski definition) is 2. The molecule has 0 spiro atoms. The van der Waals surface area contributed by atoms with Gasteiger partial charge >= 0.3 is 6.09 Å². The number of nitrogens with one attached hydrogen (secondary N) is 2. The summed E-state index contributed by atoms with van der Waals surface area (Å²) < 4.78 is 19.6. The Labute approximate surface area is 237 Å². The van der Waals surface area contributed by atoms with E-state index in [4.69, 9.17) is 14.2 Å². The predicted molar refractivity (Wildman–Crippen MR) is 152 cm³/mol. The van der Waals surface area contributed by atoms with Gasteiger partial charge in [-0.1, -0.05) is 0 Å². The van der Waals surface area contributed by atoms with Crippen LogP contribution in [0.2, 0.25) is 0 Å². The molecule has 220 valence electrons. The molecule has 3 aromatic rings. The fraction of sp³-hybridized carbons (Fsp3) is 0.536. The van der Waals surface area contributed by atoms with Crippen LogP contribution in [0.5, 0.6) is 0 Å². The molecule has 2 N–H and O–H groups in total. The van der Waals surface area contributed by atoms with Crippen LogP contribution in [-0.2, 0) is 14.2 Å². The molecule has 0 bridgehead atoms. The number of nitrogens with zero attached hydrogens (tertiary/aromatic N) is 5. The molecule has 2 aliphatic rings. The highest BCUT2D eigenvalue weighted by atomic mass is 16.6. The van der Waals surface area contributed by atoms with Crippen LogP contribution in [0.25, 0.3) is 5.65 Å². The smallest absolute Gasteiger partial charge is 0.415 e. The minimum absolute atomic E-state index is 0.0466. The Hall–Kier alpha value is -3.97. The molecule has 0 aromatic carbocycles. The molecule has 5 rings (SSSR count). The first kappa shape index (κ1) is 28.6. The van der Waals surface area contributed by atoms with E-state index in [0.717, 1.165) is 25.7 Å². The largest absolute Gasteiger partial charge is 0.443 e. The minimum atomic E-state index is -0.730. The SMILES string of the molecule is COC1CCC1NC(=O)c1cnn2c(N(C)C(=O)OC(C)(C)C)cc(Nc3cccn([C@@H]4CCCOC4)c3=O)nc12. The number of amides is 2. The predicted octanol–water partition coefficient (Wildman–Crippen LogP) is 3.26. The monoisotopic (exact) mass is 567 g/mol. The Balaban J connectivity index is 1.53. The van der Waals surface area contributed by atoms with Gasteiger partial charge in [0.25, 0.3) is 11.5 Å². The van der Waals surface area contributed by atoms with Gasteiger partial charge in [0.05, 0.1) is 31.0 Å². The van der Waals surface area contributed by atoms with E-state index in [9.17, 15) is 14.4 Å². The lowest BCUT2D eigenvalue weighted by Crippen LogP contribution is -2.51. The van der Waals surface area contributed by atoms with E-state index >= 15 is 0 Å². The van der Waals surface area contributed by atoms with Crippen LogP contribution >= 0.6 is 0 Å². The second-order valence-corrected chi connectivity index (χ2v) is 11.4. The number of hydrogen-bond acceptors (Lipinski definition) is 9. The number of pyridine rings is 1. The number of ether oxygens (including phenoxy) is 3. The second kappa shape index (κ2) is 11.5. The Morgan fingerprint density at radius 2 is 2.02 bits per heavy atom. The molecule has 3 atom stereocenters. The lowest BCUT2D eigenvalue weighted by molar-refractivity contribution is 0.00732. The van der Waals surface area contributed by atoms with Crippen LogP contribution in [0.3, 0.4) is 0 Å². The van der Waals surface area contributed by atoms with Crippen LogP contribution < -0.4 is 21.1 Å². The number of methoxy groups -OCH3 is 1. The molecule has 1 aliphatic carbocycles. The van der Waals surface area contributed by atoms with Crippen molar-refractivity contribution in [2.24, 2.45) is 0 Å². The van der Waals surface area contributed by atoms with Crippen molar-refractivity contribution in [3.63, 3.8) is 0 Å². The van der Waals surface area contributed by atoms with Crippen LogP contribution in [0.1, 0.15) is 62.9 Å². The summed E-state index contributed by atoms with van der Waals surface area (Å²) in [6.07, 6.45) is 5.90. The summed E-state index contributed by atoms with van der Waals surface area (Å²) in [5, 5.41) is 10.5. The number of fused-ring (bicyclic) bond motifs is 1. The third kappa shape index (κ3) is 6.05. The molecule has 2 fully saturated rings. The maximum absolute atomic E-state index is 13.4. The summed E-state index contributed by atoms with van der Waals surface area (Å²) in [6.45, 7) is 6.48. The molecule has 0 radical (unpaired) electrons. The van der Waals surface area contributed by atoms with Gasteiger partial charge in [-0.3, -0.25) is 14.5 Å². The zero-order chi connectivity index (χ0) is 29.3. The van der Waals surface area contributed by atoms with Gasteiger partial charge < -0.3 is 29.4 Å². The molecule has 13 heteroatoms. The van der Waals surface area contributed by atoms with Gasteiger partial charge in [-0.25, -0.2) is 9.78 Å². The van der Waals surface area contributed by atoms with Crippen molar-refractivity contribution >= 4 is 35.0 Å². The van der Waals surface area contributed by atoms with Gasteiger partial charge in [-0.15, -0.1) is 0 Å². The van der Waals surface area contributed by atoms with Crippen molar-refractivity contribution in [1.29, 1.82) is 0 Å². The topological polar surface area (TPSA) is 141 Å². The summed E-state index contributed by atoms with van der Waals surface area (Å²) in [7, 11) is 3.17. The van der Waals surface area contributed by atoms with Crippen molar-refractivity contribution < 1.29 is 23.8 Å². The number of rotatable bonds is 7. The number of aromatic nitrogens is 4. The van der Waals surface area contributed by atoms with Gasteiger partial charge in [0, 0.05) is 33.0 Å². The summed E-state index contributed by atoms with van der Waals surface area (Å²) in [4.78, 5) is 45.6. The number of carbonyl (C=O) groups is 2. The van der Waals surface area contributed by atoms with Crippen molar-refractivity contribution in [2.75, 3.05) is 37.6 Å². The second-order valence-electron chi connectivity index (χ2n) is 11.4. The van der Waals surface area contributed by atoms with Gasteiger partial charge in [0.2, 0.25) is 0 Å². The van der Waals surface area contributed by atoms with E-state index < -0.39 is 11.7 Å². The minimum Gasteiger partial charge on any atom is -0.443 e. The highest BCUT2D eigenvalue weighted by molar-refractivity contribution is 6.00. The summed E-state index contributed by atoms with van der Waals surface area (Å²) >= 11 is 0. The van der Waals surface area contributed by atoms with E-state index in [-0.39, 0.29) is 46.7 Å². The zero-order valence-electron chi connectivity index (χ0n) is 24.0. The Kier molecular flexibility index (Phi) is 8.00. The third-order valence-electron chi connectivity index (χ3n) is 7.31. The Morgan fingerprint density at radius 3 is 2.68 bits per heavy atom. The fourth-order valence-corrected chi connectivity index (χ4v) is 4.97. The average molecular weight is 568 g/mol. The van der Waals surface area contributed by atoms with E-state index in [1.54, 1.807) is 63.9 Å². The number of carbonyl (C=O) groups excluding carboxylic acids is 2. The third-order valence-corrected chi connectivity index (χ3v) is 7.31. The van der Waals surface area contributed by atoms with Crippen LogP contribution in [0.4, 0.5) is 22.1 Å². The summed E-state index contributed by atoms with van der Waals surface area (Å²) in [6, 6.07) is 4.86. The molecule has 3 aromatic heterocycles. The van der Waals surface area contributed by atoms with Crippen molar-refractivity contribution in [3.05, 3.63) is 46.5 Å². The first-order valence-corrected chi connectivity index (χ1v) is 13.8. The molecule has 4 heterocycles. The highest BCUT2D eigenvalue weighted by Gasteiger charge is 2.33. The van der Waals surface area contributed by atoms with Crippen molar-refractivity contribution in [2.45, 2.75) is 70.2 Å². The molecule has 1 saturated heterocycles. The molecule has 41 heavy (non-hydrogen) atoms. The lowest BCUT2D eigenvalue weighted by Gasteiger charge is -2.35. The molecule has 1 saturated carbocycles. The summed E-state index contributed by atoms with van der Waals surface area (Å²) in [5.41, 5.74) is -0.230. The molecule has 1 aliphatic heterocycles. The zero-order valence-corrected chi connectivity index (χ0v) is 24.0. The first-order valence-electron chi connectivity index (χ1n) is 13.8. The quantitative estimate of drug-likeness (QED) is 0.440. The summed E-state index contributed by atoms with van der Waals surface area (Å²) in [5.74, 6) is 0.188. The van der Waals surface area contributed by atoms with E-state index in [1.165, 1.54) is 15.6 Å². The molecule has 2 unspecified atom stereocenters. The standard InChI is InChI=1S/C28H37N7O6/c1-28(2,3)41-27(38)33(4)23-14-22(30-20-9-6-12-34(26(20)37)17-8-7-13-40-16-17)32-24-18(15-29-35(23)24)25(36)31-19-10-11-21(19)39-5/h6,9,12,14-15,17,19,21H,7-8,10-11,13,16H2,1-5H3,(H,30,32)(H,31,36)/t17-,19?,21?/m1/s1. The lowest BCUT2D eigenvalue weighted by atomic mass is 9.89. The van der Waals surface area contributed by atoms with Gasteiger partial charge in [0.15, 0.2) is 5.65 Å². The Bertz CT molecular complexity index is 1490. The maximum atomic E-state index is 13.4. The van der Waals surface area contributed by atoms with Crippen LogP contribution in [-0.4, -0.2) is 76.3 Å². The molecular weight excluding hydrogens is 530 g/mol. The molecule has 13 nitrogen and oxygen atoms in total. The molecule has 2 amide bonds. The van der Waals surface area contributed by atoms with Crippen molar-refractivity contribution in [3.8, 4) is 0 Å². The maximum Gasteiger partial charge on any atom is 0.415 e. The fourth-order valence-electron chi connectivity index (χ4n) is 4.97. The van der Waals surface area contributed by atoms with E-state index in [0.29, 0.717) is 24.7 Å². The van der Waals surface area contributed by atoms with E-state index in [1.807, 2.05) is 0 Å². The van der Waals surface area contributed by atoms with Gasteiger partial charge in [-0.2, -0.15) is 9.61 Å². The molecular formula is C28H37N7O6.